The van der Waals surface area contributed by atoms with E-state index >= 15 is 0 Å². The number of halogens is 2. The lowest BCUT2D eigenvalue weighted by Crippen LogP contribution is -2.35. The highest BCUT2D eigenvalue weighted by molar-refractivity contribution is 6.43. The standard InChI is InChI=1S/C25H33Cl2N3O3/c1-3-29(22-8-6-7-21(26)25(22)27)15-14-28(2)13-4-5-16-33-20-11-9-19-10-12-24(32)30(18-31)23(19)17-20/h6-9,11,17,31H,3-5,10,12-16,18H2,1-2H3. The zero-order chi connectivity index (χ0) is 23.8. The summed E-state index contributed by atoms with van der Waals surface area (Å²) in [5.41, 5.74) is 2.80. The van der Waals surface area contributed by atoms with Crippen molar-refractivity contribution < 1.29 is 14.6 Å². The number of likely N-dealkylation sites (N-methyl/N-ethyl adjacent to an activating group) is 2. The number of benzene rings is 2. The first kappa shape index (κ1) is 25.6. The maximum atomic E-state index is 12.0. The maximum Gasteiger partial charge on any atom is 0.229 e. The second-order valence-electron chi connectivity index (χ2n) is 8.27. The number of anilines is 2. The first-order valence-corrected chi connectivity index (χ1v) is 12.2. The van der Waals surface area contributed by atoms with E-state index in [1.807, 2.05) is 36.4 Å². The topological polar surface area (TPSA) is 56.3 Å². The number of carbonyl (C=O) groups is 1. The number of unbranched alkanes of at least 4 members (excludes halogenated alkanes) is 1. The van der Waals surface area contributed by atoms with Crippen molar-refractivity contribution in [1.29, 1.82) is 0 Å². The van der Waals surface area contributed by atoms with Crippen molar-refractivity contribution in [1.82, 2.24) is 4.90 Å². The third kappa shape index (κ3) is 6.76. The Bertz CT molecular complexity index is 941. The number of aryl methyl sites for hydroxylation is 1. The second-order valence-corrected chi connectivity index (χ2v) is 9.05. The number of carbonyl (C=O) groups excluding carboxylic acids is 1. The van der Waals surface area contributed by atoms with Crippen LogP contribution >= 0.6 is 23.2 Å². The summed E-state index contributed by atoms with van der Waals surface area (Å²) in [5.74, 6) is 0.678. The summed E-state index contributed by atoms with van der Waals surface area (Å²) in [6.07, 6.45) is 3.09. The summed E-state index contributed by atoms with van der Waals surface area (Å²) in [4.78, 5) is 18.0. The van der Waals surface area contributed by atoms with Gasteiger partial charge in [0.1, 0.15) is 12.5 Å². The van der Waals surface area contributed by atoms with Gasteiger partial charge in [0.2, 0.25) is 5.91 Å². The van der Waals surface area contributed by atoms with Gasteiger partial charge >= 0.3 is 0 Å². The minimum absolute atomic E-state index is 0.0514. The molecule has 0 bridgehead atoms. The third-order valence-electron chi connectivity index (χ3n) is 6.01. The summed E-state index contributed by atoms with van der Waals surface area (Å²) in [6.45, 7) is 6.06. The van der Waals surface area contributed by atoms with Crippen molar-refractivity contribution in [3.05, 3.63) is 52.0 Å². The molecular weight excluding hydrogens is 461 g/mol. The first-order valence-electron chi connectivity index (χ1n) is 11.5. The van der Waals surface area contributed by atoms with Crippen LogP contribution in [0.25, 0.3) is 0 Å². The van der Waals surface area contributed by atoms with Gasteiger partial charge in [-0.05, 0) is 63.5 Å². The highest BCUT2D eigenvalue weighted by atomic mass is 35.5. The number of amides is 1. The lowest BCUT2D eigenvalue weighted by Gasteiger charge is -2.28. The van der Waals surface area contributed by atoms with E-state index in [4.69, 9.17) is 27.9 Å². The van der Waals surface area contributed by atoms with Crippen LogP contribution < -0.4 is 14.5 Å². The number of hydrogen-bond acceptors (Lipinski definition) is 5. The Balaban J connectivity index is 1.39. The fourth-order valence-electron chi connectivity index (χ4n) is 4.02. The first-order chi connectivity index (χ1) is 15.9. The molecule has 0 spiro atoms. The van der Waals surface area contributed by atoms with Gasteiger partial charge in [-0.25, -0.2) is 0 Å². The predicted molar refractivity (Wildman–Crippen MR) is 136 cm³/mol. The molecule has 0 aromatic heterocycles. The van der Waals surface area contributed by atoms with E-state index in [-0.39, 0.29) is 12.6 Å². The average molecular weight is 494 g/mol. The van der Waals surface area contributed by atoms with Crippen LogP contribution in [0.1, 0.15) is 31.7 Å². The molecule has 1 amide bonds. The van der Waals surface area contributed by atoms with E-state index in [9.17, 15) is 9.90 Å². The molecule has 0 aliphatic carbocycles. The molecule has 0 atom stereocenters. The van der Waals surface area contributed by atoms with E-state index in [1.165, 1.54) is 4.90 Å². The van der Waals surface area contributed by atoms with Crippen molar-refractivity contribution in [2.24, 2.45) is 0 Å². The van der Waals surface area contributed by atoms with Gasteiger partial charge in [-0.15, -0.1) is 0 Å². The molecule has 0 saturated carbocycles. The lowest BCUT2D eigenvalue weighted by molar-refractivity contribution is -0.119. The zero-order valence-corrected chi connectivity index (χ0v) is 20.9. The Morgan fingerprint density at radius 1 is 1.09 bits per heavy atom. The minimum atomic E-state index is -0.305. The molecule has 0 radical (unpaired) electrons. The number of ether oxygens (including phenoxy) is 1. The quantitative estimate of drug-likeness (QED) is 0.428. The minimum Gasteiger partial charge on any atom is -0.494 e. The maximum absolute atomic E-state index is 12.0. The normalized spacial score (nSPS) is 13.4. The number of hydrogen-bond donors (Lipinski definition) is 1. The Labute approximate surface area is 206 Å². The highest BCUT2D eigenvalue weighted by Gasteiger charge is 2.23. The highest BCUT2D eigenvalue weighted by Crippen LogP contribution is 2.33. The van der Waals surface area contributed by atoms with Gasteiger partial charge in [0.15, 0.2) is 0 Å². The van der Waals surface area contributed by atoms with Crippen molar-refractivity contribution in [3.8, 4) is 5.75 Å². The van der Waals surface area contributed by atoms with Gasteiger partial charge in [0.05, 0.1) is 28.0 Å². The molecule has 33 heavy (non-hydrogen) atoms. The number of fused-ring (bicyclic) bond motifs is 1. The van der Waals surface area contributed by atoms with Crippen LogP contribution in [-0.4, -0.2) is 62.5 Å². The van der Waals surface area contributed by atoms with E-state index in [0.29, 0.717) is 29.5 Å². The molecule has 1 aliphatic heterocycles. The van der Waals surface area contributed by atoms with Crippen LogP contribution in [0.3, 0.4) is 0 Å². The van der Waals surface area contributed by atoms with Crippen molar-refractivity contribution in [3.63, 3.8) is 0 Å². The molecule has 0 unspecified atom stereocenters. The van der Waals surface area contributed by atoms with Crippen LogP contribution in [0.5, 0.6) is 5.75 Å². The van der Waals surface area contributed by atoms with Gasteiger partial charge in [0, 0.05) is 32.1 Å². The molecule has 1 aliphatic rings. The number of aliphatic hydroxyl groups excluding tert-OH is 1. The van der Waals surface area contributed by atoms with Gasteiger partial charge in [0.25, 0.3) is 0 Å². The molecule has 2 aromatic rings. The molecule has 1 N–H and O–H groups in total. The van der Waals surface area contributed by atoms with Crippen molar-refractivity contribution >= 4 is 40.5 Å². The Morgan fingerprint density at radius 3 is 2.67 bits per heavy atom. The van der Waals surface area contributed by atoms with Crippen LogP contribution in [0.2, 0.25) is 10.0 Å². The Hall–Kier alpha value is -1.99. The summed E-state index contributed by atoms with van der Waals surface area (Å²) < 4.78 is 5.91. The van der Waals surface area contributed by atoms with Crippen LogP contribution in [-0.2, 0) is 11.2 Å². The monoisotopic (exact) mass is 493 g/mol. The predicted octanol–water partition coefficient (Wildman–Crippen LogP) is 4.84. The van der Waals surface area contributed by atoms with Crippen LogP contribution in [0.15, 0.2) is 36.4 Å². The molecule has 0 saturated heterocycles. The molecule has 3 rings (SSSR count). The van der Waals surface area contributed by atoms with Gasteiger partial charge in [-0.1, -0.05) is 35.3 Å². The molecular formula is C25H33Cl2N3O3. The zero-order valence-electron chi connectivity index (χ0n) is 19.4. The van der Waals surface area contributed by atoms with Gasteiger partial charge < -0.3 is 19.6 Å². The molecule has 8 heteroatoms. The summed E-state index contributed by atoms with van der Waals surface area (Å²) >= 11 is 12.5. The second kappa shape index (κ2) is 12.5. The van der Waals surface area contributed by atoms with Crippen molar-refractivity contribution in [2.75, 3.05) is 56.4 Å². The van der Waals surface area contributed by atoms with Gasteiger partial charge in [-0.3, -0.25) is 9.69 Å². The van der Waals surface area contributed by atoms with Gasteiger partial charge in [-0.2, -0.15) is 0 Å². The largest absolute Gasteiger partial charge is 0.494 e. The average Bonchev–Trinajstić information content (AvgIpc) is 2.81. The van der Waals surface area contributed by atoms with Crippen LogP contribution in [0, 0.1) is 0 Å². The fourth-order valence-corrected chi connectivity index (χ4v) is 4.44. The Morgan fingerprint density at radius 2 is 1.91 bits per heavy atom. The smallest absolute Gasteiger partial charge is 0.229 e. The van der Waals surface area contributed by atoms with E-state index in [2.05, 4.69) is 23.8 Å². The summed E-state index contributed by atoms with van der Waals surface area (Å²) in [5, 5.41) is 10.7. The van der Waals surface area contributed by atoms with Crippen LogP contribution in [0.4, 0.5) is 11.4 Å². The summed E-state index contributed by atoms with van der Waals surface area (Å²) in [7, 11) is 2.12. The lowest BCUT2D eigenvalue weighted by atomic mass is 10.0. The number of aliphatic hydroxyl groups is 1. The Kier molecular flexibility index (Phi) is 9.68. The molecule has 2 aromatic carbocycles. The van der Waals surface area contributed by atoms with E-state index in [1.54, 1.807) is 0 Å². The van der Waals surface area contributed by atoms with Crippen molar-refractivity contribution in [2.45, 2.75) is 32.6 Å². The molecule has 180 valence electrons. The third-order valence-corrected chi connectivity index (χ3v) is 6.82. The molecule has 1 heterocycles. The van der Waals surface area contributed by atoms with E-state index < -0.39 is 0 Å². The number of nitrogens with zero attached hydrogens (tertiary/aromatic N) is 3. The fraction of sp³-hybridized carbons (Fsp3) is 0.480. The summed E-state index contributed by atoms with van der Waals surface area (Å²) in [6, 6.07) is 11.5. The molecule has 0 fully saturated rings. The van der Waals surface area contributed by atoms with E-state index in [0.717, 1.165) is 61.7 Å². The SMILES string of the molecule is CCN(CCN(C)CCCCOc1ccc2c(c1)N(CO)C(=O)CC2)c1cccc(Cl)c1Cl. The molecule has 6 nitrogen and oxygen atoms in total. The number of rotatable bonds is 12.